The molecule has 6 heteroatoms. The molecule has 9 aromatic rings. The number of allylic oxidation sites excluding steroid dienone is 3. The molecule has 0 saturated carbocycles. The Morgan fingerprint density at radius 2 is 1.02 bits per heavy atom. The molecular formula is C55H44N4O2. The van der Waals surface area contributed by atoms with Gasteiger partial charge < -0.3 is 19.1 Å². The average Bonchev–Trinajstić information content (AvgIpc) is 3.80. The lowest BCUT2D eigenvalue weighted by atomic mass is 9.69. The fourth-order valence-electron chi connectivity index (χ4n) is 9.61. The Morgan fingerprint density at radius 3 is 1.41 bits per heavy atom. The second-order valence-electron chi connectivity index (χ2n) is 16.9. The van der Waals surface area contributed by atoms with E-state index in [4.69, 9.17) is 0 Å². The fourth-order valence-corrected chi connectivity index (χ4v) is 9.61. The van der Waals surface area contributed by atoms with Crippen LogP contribution in [0.2, 0.25) is 0 Å². The Bertz CT molecular complexity index is 2950. The van der Waals surface area contributed by atoms with Crippen LogP contribution in [0.15, 0.2) is 188 Å². The van der Waals surface area contributed by atoms with E-state index in [1.165, 1.54) is 43.6 Å². The summed E-state index contributed by atoms with van der Waals surface area (Å²) >= 11 is 0. The molecule has 61 heavy (non-hydrogen) atoms. The van der Waals surface area contributed by atoms with E-state index in [9.17, 15) is 15.2 Å². The summed E-state index contributed by atoms with van der Waals surface area (Å²) in [5.74, 6) is -2.45. The number of aliphatic carboxylic acids is 1. The molecule has 0 bridgehead atoms. The van der Waals surface area contributed by atoms with Gasteiger partial charge in [0.1, 0.15) is 5.92 Å². The minimum atomic E-state index is -1.06. The number of rotatable bonds is 9. The van der Waals surface area contributed by atoms with Gasteiger partial charge in [-0.1, -0.05) is 123 Å². The summed E-state index contributed by atoms with van der Waals surface area (Å²) in [4.78, 5) is 14.2. The molecular weight excluding hydrogens is 749 g/mol. The molecule has 2 unspecified atom stereocenters. The molecule has 0 spiro atoms. The lowest BCUT2D eigenvalue weighted by Gasteiger charge is -2.34. The molecule has 7 aromatic carbocycles. The maximum Gasteiger partial charge on any atom is 0.321 e. The van der Waals surface area contributed by atoms with Gasteiger partial charge in [0, 0.05) is 55.9 Å². The van der Waals surface area contributed by atoms with Crippen molar-refractivity contribution in [3.05, 3.63) is 193 Å². The lowest BCUT2D eigenvalue weighted by molar-refractivity contribution is -0.141. The van der Waals surface area contributed by atoms with Gasteiger partial charge in [-0.05, 0) is 109 Å². The largest absolute Gasteiger partial charge is 0.480 e. The summed E-state index contributed by atoms with van der Waals surface area (Å²) in [7, 11) is 0. The molecule has 0 aliphatic heterocycles. The molecule has 296 valence electrons. The van der Waals surface area contributed by atoms with Gasteiger partial charge in [-0.15, -0.1) is 0 Å². The molecule has 6 nitrogen and oxygen atoms in total. The number of hydrogen-bond donors (Lipinski definition) is 1. The molecule has 0 radical (unpaired) electrons. The van der Waals surface area contributed by atoms with E-state index in [1.54, 1.807) is 0 Å². The molecule has 0 amide bonds. The van der Waals surface area contributed by atoms with Crippen molar-refractivity contribution in [2.75, 3.05) is 4.90 Å². The quantitative estimate of drug-likeness (QED) is 0.158. The second kappa shape index (κ2) is 15.2. The van der Waals surface area contributed by atoms with Crippen molar-refractivity contribution in [3.63, 3.8) is 0 Å². The highest BCUT2D eigenvalue weighted by Crippen LogP contribution is 2.42. The van der Waals surface area contributed by atoms with Crippen LogP contribution in [0, 0.1) is 28.6 Å². The summed E-state index contributed by atoms with van der Waals surface area (Å²) in [6.45, 7) is 4.29. The standard InChI is InChI=1S/C55H44N4O2/c1-55(2)34-38(33-39(35-55)49(36-56)54(60)61)20-19-37-21-23-40(24-22-37)57(41-25-29-43(30-26-41)58-50-15-7-3-11-45(50)46-12-4-8-16-51(46)58)42-27-31-44(32-28-42)59-52-17-9-5-13-47(52)48-14-6-10-18-53(48)59/h3-33,39,49H,34-35H2,1-2H3,(H,60,61)/b20-19+. The third kappa shape index (κ3) is 6.84. The van der Waals surface area contributed by atoms with Crippen molar-refractivity contribution in [3.8, 4) is 17.4 Å². The van der Waals surface area contributed by atoms with Crippen molar-refractivity contribution < 1.29 is 9.90 Å². The predicted octanol–water partition coefficient (Wildman–Crippen LogP) is 14.0. The van der Waals surface area contributed by atoms with Crippen LogP contribution in [0.4, 0.5) is 17.1 Å². The Labute approximate surface area is 355 Å². The van der Waals surface area contributed by atoms with Crippen LogP contribution in [0.1, 0.15) is 32.3 Å². The van der Waals surface area contributed by atoms with E-state index in [2.05, 4.69) is 210 Å². The summed E-state index contributed by atoms with van der Waals surface area (Å²) in [6, 6.07) is 62.5. The molecule has 1 N–H and O–H groups in total. The van der Waals surface area contributed by atoms with Gasteiger partial charge in [0.05, 0.1) is 28.1 Å². The highest BCUT2D eigenvalue weighted by atomic mass is 16.4. The summed E-state index contributed by atoms with van der Waals surface area (Å²) < 4.78 is 4.68. The highest BCUT2D eigenvalue weighted by molar-refractivity contribution is 6.10. The molecule has 2 aromatic heterocycles. The molecule has 10 rings (SSSR count). The summed E-state index contributed by atoms with van der Waals surface area (Å²) in [5.41, 5.74) is 11.9. The van der Waals surface area contributed by atoms with Gasteiger partial charge in [-0.25, -0.2) is 0 Å². The molecule has 2 heterocycles. The number of aromatic nitrogens is 2. The monoisotopic (exact) mass is 792 g/mol. The number of nitrogens with zero attached hydrogens (tertiary/aromatic N) is 4. The minimum absolute atomic E-state index is 0.109. The maximum atomic E-state index is 11.9. The van der Waals surface area contributed by atoms with Crippen LogP contribution in [-0.4, -0.2) is 20.2 Å². The fraction of sp³-hybridized carbons (Fsp3) is 0.127. The molecule has 0 fully saturated rings. The molecule has 0 saturated heterocycles. The van der Waals surface area contributed by atoms with E-state index in [-0.39, 0.29) is 11.3 Å². The van der Waals surface area contributed by atoms with Gasteiger partial charge in [0.25, 0.3) is 0 Å². The van der Waals surface area contributed by atoms with Crippen LogP contribution in [0.3, 0.4) is 0 Å². The van der Waals surface area contributed by atoms with E-state index in [0.29, 0.717) is 6.42 Å². The van der Waals surface area contributed by atoms with Crippen molar-refractivity contribution in [1.29, 1.82) is 5.26 Å². The zero-order valence-corrected chi connectivity index (χ0v) is 34.1. The first-order valence-electron chi connectivity index (χ1n) is 20.8. The number of benzene rings is 7. The van der Waals surface area contributed by atoms with E-state index < -0.39 is 11.9 Å². The van der Waals surface area contributed by atoms with Gasteiger partial charge in [0.2, 0.25) is 0 Å². The van der Waals surface area contributed by atoms with Crippen LogP contribution in [0.25, 0.3) is 61.1 Å². The first-order valence-corrected chi connectivity index (χ1v) is 20.8. The highest BCUT2D eigenvalue weighted by Gasteiger charge is 2.35. The third-order valence-electron chi connectivity index (χ3n) is 12.3. The van der Waals surface area contributed by atoms with Crippen LogP contribution in [0.5, 0.6) is 0 Å². The van der Waals surface area contributed by atoms with Crippen molar-refractivity contribution in [2.45, 2.75) is 26.7 Å². The topological polar surface area (TPSA) is 74.2 Å². The molecule has 1 aliphatic carbocycles. The van der Waals surface area contributed by atoms with E-state index in [1.807, 2.05) is 12.1 Å². The smallest absolute Gasteiger partial charge is 0.321 e. The molecule has 1 aliphatic rings. The maximum absolute atomic E-state index is 11.9. The number of carbonyl (C=O) groups is 1. The number of anilines is 3. The lowest BCUT2D eigenvalue weighted by Crippen LogP contribution is -2.29. The number of carboxylic acids is 1. The van der Waals surface area contributed by atoms with Gasteiger partial charge in [-0.3, -0.25) is 4.79 Å². The van der Waals surface area contributed by atoms with Gasteiger partial charge in [0.15, 0.2) is 0 Å². The normalized spacial score (nSPS) is 15.6. The van der Waals surface area contributed by atoms with E-state index in [0.717, 1.165) is 46.0 Å². The third-order valence-corrected chi connectivity index (χ3v) is 12.3. The first kappa shape index (κ1) is 37.6. The van der Waals surface area contributed by atoms with Crippen molar-refractivity contribution in [1.82, 2.24) is 9.13 Å². The zero-order chi connectivity index (χ0) is 41.7. The SMILES string of the molecule is CC1(C)CC(/C=C/c2ccc(N(c3ccc(-n4c5ccccc5c5ccccc54)cc3)c3ccc(-n4c5ccccc5c5ccccc54)cc3)cc2)=CC(C(C#N)C(=O)O)C1. The number of para-hydroxylation sites is 4. The van der Waals surface area contributed by atoms with Crippen LogP contribution < -0.4 is 4.90 Å². The Hall–Kier alpha value is -7.62. The van der Waals surface area contributed by atoms with Gasteiger partial charge in [-0.2, -0.15) is 5.26 Å². The second-order valence-corrected chi connectivity index (χ2v) is 16.9. The van der Waals surface area contributed by atoms with E-state index >= 15 is 0 Å². The summed E-state index contributed by atoms with van der Waals surface area (Å²) in [6.07, 6.45) is 7.64. The predicted molar refractivity (Wildman–Crippen MR) is 250 cm³/mol. The van der Waals surface area contributed by atoms with Crippen molar-refractivity contribution in [2.24, 2.45) is 17.3 Å². The van der Waals surface area contributed by atoms with Crippen molar-refractivity contribution >= 4 is 72.7 Å². The van der Waals surface area contributed by atoms with Crippen LogP contribution in [-0.2, 0) is 4.79 Å². The Morgan fingerprint density at radius 1 is 0.623 bits per heavy atom. The number of hydrogen-bond acceptors (Lipinski definition) is 3. The zero-order valence-electron chi connectivity index (χ0n) is 34.1. The number of carboxylic acid groups (broad SMARTS) is 1. The average molecular weight is 793 g/mol. The Kier molecular flexibility index (Phi) is 9.38. The van der Waals surface area contributed by atoms with Gasteiger partial charge >= 0.3 is 5.97 Å². The number of fused-ring (bicyclic) bond motifs is 6. The minimum Gasteiger partial charge on any atom is -0.480 e. The molecule has 2 atom stereocenters. The van der Waals surface area contributed by atoms with Crippen LogP contribution >= 0.6 is 0 Å². The summed E-state index contributed by atoms with van der Waals surface area (Å²) in [5, 5.41) is 24.3. The first-order chi connectivity index (χ1) is 29.8. The number of nitriles is 1. The Balaban J connectivity index is 1.03.